The van der Waals surface area contributed by atoms with E-state index in [1.54, 1.807) is 23.5 Å². The van der Waals surface area contributed by atoms with Crippen LogP contribution in [0.4, 0.5) is 13.2 Å². The number of thioether (sulfide) groups is 1. The number of halogens is 3. The standard InChI is InChI=1S/C14H15F3N2S2/c15-14(16,17)21-11-5-3-10(4-6-11)13(8-18)19-9-12-2-1-7-20-12/h1-7,13,19H,8-9,18H2. The predicted molar refractivity (Wildman–Crippen MR) is 81.3 cm³/mol. The molecule has 3 N–H and O–H groups in total. The lowest BCUT2D eigenvalue weighted by atomic mass is 10.1. The van der Waals surface area contributed by atoms with Gasteiger partial charge in [-0.05, 0) is 40.9 Å². The molecule has 0 aliphatic carbocycles. The van der Waals surface area contributed by atoms with E-state index >= 15 is 0 Å². The molecule has 0 spiro atoms. The lowest BCUT2D eigenvalue weighted by molar-refractivity contribution is -0.0328. The van der Waals surface area contributed by atoms with Crippen LogP contribution in [-0.2, 0) is 6.54 Å². The van der Waals surface area contributed by atoms with Crippen LogP contribution in [0.5, 0.6) is 0 Å². The minimum atomic E-state index is -4.26. The van der Waals surface area contributed by atoms with Crippen molar-refractivity contribution in [1.82, 2.24) is 5.32 Å². The first-order valence-electron chi connectivity index (χ1n) is 6.29. The zero-order valence-corrected chi connectivity index (χ0v) is 12.7. The number of alkyl halides is 3. The first kappa shape index (κ1) is 16.4. The van der Waals surface area contributed by atoms with Crippen molar-refractivity contribution in [1.29, 1.82) is 0 Å². The van der Waals surface area contributed by atoms with Gasteiger partial charge in [-0.15, -0.1) is 11.3 Å². The summed E-state index contributed by atoms with van der Waals surface area (Å²) >= 11 is 1.54. The molecule has 0 aliphatic heterocycles. The molecule has 7 heteroatoms. The van der Waals surface area contributed by atoms with Crippen LogP contribution in [0.1, 0.15) is 16.5 Å². The first-order chi connectivity index (χ1) is 9.98. The Kier molecular flexibility index (Phi) is 5.69. The van der Waals surface area contributed by atoms with Crippen molar-refractivity contribution in [3.63, 3.8) is 0 Å². The van der Waals surface area contributed by atoms with Gasteiger partial charge >= 0.3 is 5.51 Å². The lowest BCUT2D eigenvalue weighted by Gasteiger charge is -2.17. The quantitative estimate of drug-likeness (QED) is 0.781. The van der Waals surface area contributed by atoms with E-state index in [0.29, 0.717) is 13.1 Å². The molecular weight excluding hydrogens is 317 g/mol. The van der Waals surface area contributed by atoms with Gasteiger partial charge < -0.3 is 11.1 Å². The van der Waals surface area contributed by atoms with Crippen LogP contribution in [-0.4, -0.2) is 12.1 Å². The van der Waals surface area contributed by atoms with E-state index in [0.717, 1.165) is 5.56 Å². The Morgan fingerprint density at radius 1 is 1.19 bits per heavy atom. The highest BCUT2D eigenvalue weighted by atomic mass is 32.2. The van der Waals surface area contributed by atoms with Crippen molar-refractivity contribution < 1.29 is 13.2 Å². The normalized spacial score (nSPS) is 13.3. The molecule has 0 aliphatic rings. The third-order valence-electron chi connectivity index (χ3n) is 2.85. The van der Waals surface area contributed by atoms with E-state index < -0.39 is 5.51 Å². The van der Waals surface area contributed by atoms with Gasteiger partial charge in [-0.3, -0.25) is 0 Å². The van der Waals surface area contributed by atoms with Gasteiger partial charge in [0.25, 0.3) is 0 Å². The fraction of sp³-hybridized carbons (Fsp3) is 0.286. The number of nitrogens with one attached hydrogen (secondary N) is 1. The molecule has 0 saturated carbocycles. The molecule has 1 unspecified atom stereocenters. The summed E-state index contributed by atoms with van der Waals surface area (Å²) in [5.74, 6) is 0. The molecular formula is C14H15F3N2S2. The van der Waals surface area contributed by atoms with E-state index in [1.807, 2.05) is 17.5 Å². The summed E-state index contributed by atoms with van der Waals surface area (Å²) in [6.45, 7) is 1.08. The van der Waals surface area contributed by atoms with Crippen molar-refractivity contribution in [3.8, 4) is 0 Å². The van der Waals surface area contributed by atoms with Gasteiger partial charge in [0.2, 0.25) is 0 Å². The molecule has 1 aromatic carbocycles. The number of rotatable bonds is 6. The maximum Gasteiger partial charge on any atom is 0.446 e. The van der Waals surface area contributed by atoms with Crippen molar-refractivity contribution in [2.24, 2.45) is 5.73 Å². The SMILES string of the molecule is NCC(NCc1cccs1)c1ccc(SC(F)(F)F)cc1. The zero-order chi connectivity index (χ0) is 15.3. The van der Waals surface area contributed by atoms with Gasteiger partial charge in [-0.1, -0.05) is 18.2 Å². The third kappa shape index (κ3) is 5.35. The summed E-state index contributed by atoms with van der Waals surface area (Å²) in [6, 6.07) is 10.2. The van der Waals surface area contributed by atoms with Gasteiger partial charge in [-0.2, -0.15) is 13.2 Å². The number of thiophene rings is 1. The van der Waals surface area contributed by atoms with Gasteiger partial charge in [0, 0.05) is 28.9 Å². The highest BCUT2D eigenvalue weighted by Crippen LogP contribution is 2.37. The Bertz CT molecular complexity index is 538. The Labute approximate surface area is 129 Å². The van der Waals surface area contributed by atoms with Crippen molar-refractivity contribution in [3.05, 3.63) is 52.2 Å². The average Bonchev–Trinajstić information content (AvgIpc) is 2.92. The lowest BCUT2D eigenvalue weighted by Crippen LogP contribution is -2.27. The minimum absolute atomic E-state index is 0.0722. The molecule has 1 aromatic heterocycles. The molecule has 114 valence electrons. The van der Waals surface area contributed by atoms with E-state index in [2.05, 4.69) is 5.32 Å². The molecule has 0 saturated heterocycles. The topological polar surface area (TPSA) is 38.0 Å². The fourth-order valence-corrected chi connectivity index (χ4v) is 3.07. The van der Waals surface area contributed by atoms with Crippen molar-refractivity contribution in [2.45, 2.75) is 23.0 Å². The highest BCUT2D eigenvalue weighted by Gasteiger charge is 2.29. The summed E-state index contributed by atoms with van der Waals surface area (Å²) in [5, 5.41) is 5.31. The minimum Gasteiger partial charge on any atom is -0.329 e. The van der Waals surface area contributed by atoms with Crippen LogP contribution in [0, 0.1) is 0 Å². The Hall–Kier alpha value is -1.02. The molecule has 0 bridgehead atoms. The summed E-state index contributed by atoms with van der Waals surface area (Å²) in [4.78, 5) is 1.37. The molecule has 21 heavy (non-hydrogen) atoms. The first-order valence-corrected chi connectivity index (χ1v) is 7.99. The number of hydrogen-bond donors (Lipinski definition) is 2. The van der Waals surface area contributed by atoms with E-state index in [9.17, 15) is 13.2 Å². The van der Waals surface area contributed by atoms with E-state index in [1.165, 1.54) is 17.0 Å². The maximum absolute atomic E-state index is 12.3. The second-order valence-corrected chi connectivity index (χ2v) is 6.54. The van der Waals surface area contributed by atoms with Crippen LogP contribution < -0.4 is 11.1 Å². The van der Waals surface area contributed by atoms with Crippen LogP contribution in [0.25, 0.3) is 0 Å². The summed E-state index contributed by atoms with van der Waals surface area (Å²) in [6.07, 6.45) is 0. The van der Waals surface area contributed by atoms with Gasteiger partial charge in [0.05, 0.1) is 0 Å². The molecule has 2 aromatic rings. The second-order valence-electron chi connectivity index (χ2n) is 4.37. The molecule has 1 atom stereocenters. The smallest absolute Gasteiger partial charge is 0.329 e. The van der Waals surface area contributed by atoms with Crippen LogP contribution in [0.3, 0.4) is 0 Å². The van der Waals surface area contributed by atoms with E-state index in [4.69, 9.17) is 5.73 Å². The molecule has 2 rings (SSSR count). The number of benzene rings is 1. The van der Waals surface area contributed by atoms with Crippen LogP contribution in [0.15, 0.2) is 46.7 Å². The van der Waals surface area contributed by atoms with Crippen LogP contribution in [0.2, 0.25) is 0 Å². The predicted octanol–water partition coefficient (Wildman–Crippen LogP) is 4.15. The third-order valence-corrected chi connectivity index (χ3v) is 4.47. The second kappa shape index (κ2) is 7.31. The van der Waals surface area contributed by atoms with Crippen LogP contribution >= 0.6 is 23.1 Å². The fourth-order valence-electron chi connectivity index (χ4n) is 1.88. The van der Waals surface area contributed by atoms with Crippen molar-refractivity contribution >= 4 is 23.1 Å². The molecule has 0 radical (unpaired) electrons. The number of nitrogens with two attached hydrogens (primary N) is 1. The zero-order valence-electron chi connectivity index (χ0n) is 11.1. The maximum atomic E-state index is 12.3. The monoisotopic (exact) mass is 332 g/mol. The Morgan fingerprint density at radius 3 is 2.43 bits per heavy atom. The Balaban J connectivity index is 1.98. The summed E-state index contributed by atoms with van der Waals surface area (Å²) in [5.41, 5.74) is 2.37. The summed E-state index contributed by atoms with van der Waals surface area (Å²) in [7, 11) is 0. The average molecular weight is 332 g/mol. The van der Waals surface area contributed by atoms with Gasteiger partial charge in [-0.25, -0.2) is 0 Å². The van der Waals surface area contributed by atoms with Gasteiger partial charge in [0.1, 0.15) is 0 Å². The Morgan fingerprint density at radius 2 is 1.90 bits per heavy atom. The summed E-state index contributed by atoms with van der Waals surface area (Å²) < 4.78 is 36.8. The molecule has 2 nitrogen and oxygen atoms in total. The van der Waals surface area contributed by atoms with Crippen molar-refractivity contribution in [2.75, 3.05) is 6.54 Å². The van der Waals surface area contributed by atoms with Gasteiger partial charge in [0.15, 0.2) is 0 Å². The van der Waals surface area contributed by atoms with E-state index in [-0.39, 0.29) is 22.7 Å². The highest BCUT2D eigenvalue weighted by molar-refractivity contribution is 8.00. The number of hydrogen-bond acceptors (Lipinski definition) is 4. The molecule has 1 heterocycles. The molecule has 0 amide bonds. The molecule has 0 fully saturated rings. The largest absolute Gasteiger partial charge is 0.446 e.